The standard InChI is InChI=1S/C10H18/c1-9-3-6-10(2,7-4-9)8-5-9/h3-8H2,1-2H3/i1D3,2D3. The maximum atomic E-state index is 7.61. The van der Waals surface area contributed by atoms with Crippen molar-refractivity contribution in [2.75, 3.05) is 0 Å². The number of rotatable bonds is 0. The summed E-state index contributed by atoms with van der Waals surface area (Å²) >= 11 is 0. The molecule has 3 rings (SSSR count). The average molecular weight is 144 g/mol. The summed E-state index contributed by atoms with van der Waals surface area (Å²) in [5, 5.41) is 0. The van der Waals surface area contributed by atoms with Crippen LogP contribution in [0.15, 0.2) is 0 Å². The van der Waals surface area contributed by atoms with Crippen LogP contribution in [0.25, 0.3) is 0 Å². The lowest BCUT2D eigenvalue weighted by Crippen LogP contribution is -2.37. The van der Waals surface area contributed by atoms with Crippen molar-refractivity contribution in [3.05, 3.63) is 0 Å². The summed E-state index contributed by atoms with van der Waals surface area (Å²) in [6, 6.07) is 0. The Morgan fingerprint density at radius 1 is 0.800 bits per heavy atom. The van der Waals surface area contributed by atoms with Gasteiger partial charge in [0.2, 0.25) is 0 Å². The third kappa shape index (κ3) is 0.889. The Labute approximate surface area is 72.4 Å². The zero-order chi connectivity index (χ0) is 12.2. The van der Waals surface area contributed by atoms with Gasteiger partial charge < -0.3 is 0 Å². The van der Waals surface area contributed by atoms with Gasteiger partial charge in [0, 0.05) is 8.22 Å². The van der Waals surface area contributed by atoms with E-state index in [2.05, 4.69) is 0 Å². The van der Waals surface area contributed by atoms with Gasteiger partial charge in [0.15, 0.2) is 0 Å². The lowest BCUT2D eigenvalue weighted by molar-refractivity contribution is 0.0164. The van der Waals surface area contributed by atoms with Crippen molar-refractivity contribution in [3.8, 4) is 0 Å². The first kappa shape index (κ1) is 2.80. The second kappa shape index (κ2) is 1.78. The highest BCUT2D eigenvalue weighted by Crippen LogP contribution is 2.56. The third-order valence-electron chi connectivity index (χ3n) is 3.25. The number of hydrogen-bond acceptors (Lipinski definition) is 0. The summed E-state index contributed by atoms with van der Waals surface area (Å²) in [5.41, 5.74) is -1.17. The first-order valence-electron chi connectivity index (χ1n) is 7.12. The van der Waals surface area contributed by atoms with Crippen molar-refractivity contribution in [2.45, 2.75) is 52.2 Å². The van der Waals surface area contributed by atoms with E-state index in [-0.39, 0.29) is 0 Å². The first-order chi connectivity index (χ1) is 7.12. The zero-order valence-corrected chi connectivity index (χ0v) is 6.24. The summed E-state index contributed by atoms with van der Waals surface area (Å²) in [5.74, 6) is 0. The molecule has 0 aromatic carbocycles. The van der Waals surface area contributed by atoms with Gasteiger partial charge in [-0.15, -0.1) is 0 Å². The molecular formula is C10H18. The maximum absolute atomic E-state index is 7.61. The molecule has 3 saturated carbocycles. The topological polar surface area (TPSA) is 0 Å². The Hall–Kier alpha value is 0. The van der Waals surface area contributed by atoms with Gasteiger partial charge in [-0.1, -0.05) is 13.7 Å². The quantitative estimate of drug-likeness (QED) is 0.489. The van der Waals surface area contributed by atoms with Crippen LogP contribution >= 0.6 is 0 Å². The monoisotopic (exact) mass is 144 g/mol. The normalized spacial score (nSPS) is 64.8. The molecule has 0 radical (unpaired) electrons. The molecule has 3 aliphatic carbocycles. The van der Waals surface area contributed by atoms with E-state index < -0.39 is 24.5 Å². The Balaban J connectivity index is 2.22. The fraction of sp³-hybridized carbons (Fsp3) is 1.00. The molecular weight excluding hydrogens is 120 g/mol. The van der Waals surface area contributed by atoms with E-state index >= 15 is 0 Å². The van der Waals surface area contributed by atoms with E-state index in [9.17, 15) is 0 Å². The first-order valence-corrected chi connectivity index (χ1v) is 4.12. The summed E-state index contributed by atoms with van der Waals surface area (Å²) < 4.78 is 45.7. The molecule has 0 N–H and O–H groups in total. The van der Waals surface area contributed by atoms with Gasteiger partial charge in [-0.3, -0.25) is 0 Å². The van der Waals surface area contributed by atoms with Gasteiger partial charge in [0.25, 0.3) is 0 Å². The molecule has 0 heterocycles. The highest BCUT2D eigenvalue weighted by atomic mass is 14.5. The molecule has 3 aliphatic rings. The molecule has 0 aliphatic heterocycles. The lowest BCUT2D eigenvalue weighted by Gasteiger charge is -2.50. The van der Waals surface area contributed by atoms with Crippen LogP contribution in [0.1, 0.15) is 60.5 Å². The molecule has 0 aromatic rings. The Morgan fingerprint density at radius 3 is 1.30 bits per heavy atom. The summed E-state index contributed by atoms with van der Waals surface area (Å²) in [6.45, 7) is -3.84. The zero-order valence-electron chi connectivity index (χ0n) is 12.2. The highest BCUT2D eigenvalue weighted by molar-refractivity contribution is 4.94. The van der Waals surface area contributed by atoms with Crippen molar-refractivity contribution in [2.24, 2.45) is 10.8 Å². The second-order valence-electron chi connectivity index (χ2n) is 4.06. The lowest BCUT2D eigenvalue weighted by atomic mass is 9.55. The second-order valence-corrected chi connectivity index (χ2v) is 4.06. The van der Waals surface area contributed by atoms with E-state index in [0.29, 0.717) is 38.5 Å². The van der Waals surface area contributed by atoms with Crippen molar-refractivity contribution in [1.82, 2.24) is 0 Å². The number of hydrogen-bond donors (Lipinski definition) is 0. The molecule has 0 unspecified atom stereocenters. The predicted molar refractivity (Wildman–Crippen MR) is 43.9 cm³/mol. The van der Waals surface area contributed by atoms with Crippen LogP contribution in [0.4, 0.5) is 0 Å². The maximum Gasteiger partial charge on any atom is 0.0236 e. The Bertz CT molecular complexity index is 232. The van der Waals surface area contributed by atoms with Crippen molar-refractivity contribution < 1.29 is 8.22 Å². The largest absolute Gasteiger partial charge is 0.0596 e. The van der Waals surface area contributed by atoms with E-state index in [1.54, 1.807) is 0 Å². The van der Waals surface area contributed by atoms with E-state index in [0.717, 1.165) is 0 Å². The SMILES string of the molecule is [2H]C([2H])([2H])C12CCC(C([2H])([2H])[2H])(CC1)CC2. The summed E-state index contributed by atoms with van der Waals surface area (Å²) in [4.78, 5) is 0. The molecule has 3 fully saturated rings. The Morgan fingerprint density at radius 2 is 1.10 bits per heavy atom. The van der Waals surface area contributed by atoms with E-state index in [1.807, 2.05) is 0 Å². The van der Waals surface area contributed by atoms with E-state index in [4.69, 9.17) is 8.22 Å². The Kier molecular flexibility index (Phi) is 0.498. The van der Waals surface area contributed by atoms with Crippen LogP contribution < -0.4 is 0 Å². The van der Waals surface area contributed by atoms with Crippen LogP contribution in [-0.2, 0) is 0 Å². The van der Waals surface area contributed by atoms with Gasteiger partial charge in [0.1, 0.15) is 0 Å². The minimum Gasteiger partial charge on any atom is -0.0596 e. The fourth-order valence-electron chi connectivity index (χ4n) is 2.19. The minimum absolute atomic E-state index is 0.557. The predicted octanol–water partition coefficient (Wildman–Crippen LogP) is 3.37. The van der Waals surface area contributed by atoms with E-state index in [1.165, 1.54) is 0 Å². The van der Waals surface area contributed by atoms with Crippen LogP contribution in [-0.4, -0.2) is 0 Å². The van der Waals surface area contributed by atoms with Gasteiger partial charge in [-0.05, 0) is 49.4 Å². The van der Waals surface area contributed by atoms with Crippen molar-refractivity contribution in [3.63, 3.8) is 0 Å². The molecule has 0 heteroatoms. The third-order valence-corrected chi connectivity index (χ3v) is 3.25. The molecule has 58 valence electrons. The van der Waals surface area contributed by atoms with Crippen molar-refractivity contribution >= 4 is 0 Å². The molecule has 0 saturated heterocycles. The van der Waals surface area contributed by atoms with Gasteiger partial charge >= 0.3 is 0 Å². The van der Waals surface area contributed by atoms with Crippen LogP contribution in [0.5, 0.6) is 0 Å². The van der Waals surface area contributed by atoms with Crippen molar-refractivity contribution in [1.29, 1.82) is 0 Å². The molecule has 0 atom stereocenters. The van der Waals surface area contributed by atoms with Gasteiger partial charge in [-0.25, -0.2) is 0 Å². The van der Waals surface area contributed by atoms with Crippen LogP contribution in [0.3, 0.4) is 0 Å². The number of fused-ring (bicyclic) bond motifs is 3. The molecule has 10 heavy (non-hydrogen) atoms. The average Bonchev–Trinajstić information content (AvgIpc) is 2.17. The minimum atomic E-state index is -1.92. The summed E-state index contributed by atoms with van der Waals surface area (Å²) in [7, 11) is 0. The molecule has 0 amide bonds. The van der Waals surface area contributed by atoms with Crippen LogP contribution in [0.2, 0.25) is 0 Å². The molecule has 0 nitrogen and oxygen atoms in total. The summed E-state index contributed by atoms with van der Waals surface area (Å²) in [6.07, 6.45) is 3.34. The highest BCUT2D eigenvalue weighted by Gasteiger charge is 2.42. The van der Waals surface area contributed by atoms with Gasteiger partial charge in [0.05, 0.1) is 0 Å². The molecule has 0 aromatic heterocycles. The molecule has 0 spiro atoms. The van der Waals surface area contributed by atoms with Crippen LogP contribution in [0, 0.1) is 10.8 Å². The fourth-order valence-corrected chi connectivity index (χ4v) is 2.19. The molecule has 2 bridgehead atoms. The van der Waals surface area contributed by atoms with Gasteiger partial charge in [-0.2, -0.15) is 0 Å². The smallest absolute Gasteiger partial charge is 0.0236 e.